The Morgan fingerprint density at radius 2 is 1.92 bits per heavy atom. The van der Waals surface area contributed by atoms with E-state index < -0.39 is 0 Å². The van der Waals surface area contributed by atoms with Gasteiger partial charge in [0.05, 0.1) is 0 Å². The average Bonchev–Trinajstić information content (AvgIpc) is 2.98. The monoisotopic (exact) mass is 343 g/mol. The fraction of sp³-hybridized carbons (Fsp3) is 0.500. The van der Waals surface area contributed by atoms with Gasteiger partial charge >= 0.3 is 6.03 Å². The van der Waals surface area contributed by atoms with Crippen molar-refractivity contribution in [3.05, 3.63) is 36.3 Å². The van der Waals surface area contributed by atoms with Crippen molar-refractivity contribution in [2.45, 2.75) is 45.2 Å². The number of urea groups is 1. The molecular formula is C18H25N5O2. The number of hydrogen-bond donors (Lipinski definition) is 2. The van der Waals surface area contributed by atoms with E-state index in [1.165, 1.54) is 0 Å². The molecule has 0 atom stereocenters. The smallest absolute Gasteiger partial charge is 0.317 e. The second-order valence-corrected chi connectivity index (χ2v) is 7.51. The lowest BCUT2D eigenvalue weighted by Crippen LogP contribution is -2.53. The zero-order valence-electron chi connectivity index (χ0n) is 15.0. The first-order chi connectivity index (χ1) is 11.8. The van der Waals surface area contributed by atoms with Gasteiger partial charge in [-0.15, -0.1) is 0 Å². The highest BCUT2D eigenvalue weighted by Gasteiger charge is 2.26. The van der Waals surface area contributed by atoms with Crippen LogP contribution in [0.15, 0.2) is 30.6 Å². The molecule has 134 valence electrons. The molecule has 0 aliphatic carbocycles. The summed E-state index contributed by atoms with van der Waals surface area (Å²) in [5.74, 6) is -0.165. The Balaban J connectivity index is 1.53. The zero-order chi connectivity index (χ0) is 18.0. The van der Waals surface area contributed by atoms with Crippen LogP contribution in [0.1, 0.15) is 44.1 Å². The minimum Gasteiger partial charge on any atom is -0.348 e. The molecule has 2 N–H and O–H groups in total. The van der Waals surface area contributed by atoms with Crippen molar-refractivity contribution < 1.29 is 9.59 Å². The number of nitrogens with zero attached hydrogens (tertiary/aromatic N) is 3. The predicted molar refractivity (Wildman–Crippen MR) is 95.5 cm³/mol. The molecule has 3 amide bonds. The Morgan fingerprint density at radius 3 is 2.56 bits per heavy atom. The van der Waals surface area contributed by atoms with E-state index in [-0.39, 0.29) is 23.5 Å². The van der Waals surface area contributed by atoms with Crippen LogP contribution in [0.25, 0.3) is 5.65 Å². The molecular weight excluding hydrogens is 318 g/mol. The van der Waals surface area contributed by atoms with Crippen molar-refractivity contribution >= 4 is 17.6 Å². The summed E-state index contributed by atoms with van der Waals surface area (Å²) < 4.78 is 1.83. The van der Waals surface area contributed by atoms with E-state index in [0.29, 0.717) is 18.8 Å². The molecule has 0 radical (unpaired) electrons. The second-order valence-electron chi connectivity index (χ2n) is 7.51. The molecule has 3 rings (SSSR count). The largest absolute Gasteiger partial charge is 0.348 e. The van der Waals surface area contributed by atoms with Crippen molar-refractivity contribution in [1.29, 1.82) is 0 Å². The zero-order valence-corrected chi connectivity index (χ0v) is 15.0. The van der Waals surface area contributed by atoms with Crippen LogP contribution in [-0.4, -0.2) is 50.9 Å². The van der Waals surface area contributed by atoms with E-state index in [2.05, 4.69) is 15.6 Å². The number of rotatable bonds is 2. The van der Waals surface area contributed by atoms with Crippen LogP contribution in [0, 0.1) is 0 Å². The third kappa shape index (κ3) is 4.29. The number of amides is 3. The van der Waals surface area contributed by atoms with Crippen molar-refractivity contribution in [1.82, 2.24) is 24.9 Å². The topological polar surface area (TPSA) is 78.7 Å². The van der Waals surface area contributed by atoms with E-state index in [1.54, 1.807) is 11.1 Å². The number of aromatic nitrogens is 2. The molecule has 7 nitrogen and oxygen atoms in total. The van der Waals surface area contributed by atoms with E-state index in [4.69, 9.17) is 0 Å². The number of carbonyl (C=O) groups is 2. The summed E-state index contributed by atoms with van der Waals surface area (Å²) in [5.41, 5.74) is 0.922. The Hall–Kier alpha value is -2.57. The Labute approximate surface area is 147 Å². The third-order valence-corrected chi connectivity index (χ3v) is 4.20. The number of piperidine rings is 1. The molecule has 0 aromatic carbocycles. The van der Waals surface area contributed by atoms with E-state index in [1.807, 2.05) is 49.6 Å². The van der Waals surface area contributed by atoms with Gasteiger partial charge in [0.2, 0.25) is 0 Å². The van der Waals surface area contributed by atoms with Crippen LogP contribution >= 0.6 is 0 Å². The van der Waals surface area contributed by atoms with Gasteiger partial charge in [-0.1, -0.05) is 6.07 Å². The van der Waals surface area contributed by atoms with Crippen LogP contribution in [-0.2, 0) is 0 Å². The van der Waals surface area contributed by atoms with Crippen LogP contribution < -0.4 is 10.6 Å². The molecule has 1 aliphatic rings. The van der Waals surface area contributed by atoms with Gasteiger partial charge < -0.3 is 19.9 Å². The van der Waals surface area contributed by atoms with E-state index in [0.717, 1.165) is 18.5 Å². The van der Waals surface area contributed by atoms with Crippen LogP contribution in [0.3, 0.4) is 0 Å². The third-order valence-electron chi connectivity index (χ3n) is 4.20. The van der Waals surface area contributed by atoms with E-state index in [9.17, 15) is 9.59 Å². The molecule has 0 unspecified atom stereocenters. The quantitative estimate of drug-likeness (QED) is 0.876. The fourth-order valence-electron chi connectivity index (χ4n) is 2.93. The molecule has 1 fully saturated rings. The minimum absolute atomic E-state index is 0.0439. The lowest BCUT2D eigenvalue weighted by molar-refractivity contribution is 0.0913. The molecule has 2 aromatic heterocycles. The van der Waals surface area contributed by atoms with Crippen molar-refractivity contribution in [3.8, 4) is 0 Å². The van der Waals surface area contributed by atoms with Gasteiger partial charge in [0, 0.05) is 37.1 Å². The lowest BCUT2D eigenvalue weighted by atomic mass is 10.0. The second kappa shape index (κ2) is 6.74. The number of imidazole rings is 1. The molecule has 0 spiro atoms. The van der Waals surface area contributed by atoms with Crippen LogP contribution in [0.4, 0.5) is 4.79 Å². The highest BCUT2D eigenvalue weighted by Crippen LogP contribution is 2.13. The maximum absolute atomic E-state index is 12.4. The van der Waals surface area contributed by atoms with Crippen molar-refractivity contribution in [3.63, 3.8) is 0 Å². The first-order valence-corrected chi connectivity index (χ1v) is 8.63. The summed E-state index contributed by atoms with van der Waals surface area (Å²) in [6, 6.07) is 5.67. The van der Waals surface area contributed by atoms with Gasteiger partial charge in [-0.3, -0.25) is 4.79 Å². The van der Waals surface area contributed by atoms with Gasteiger partial charge in [-0.2, -0.15) is 0 Å². The minimum atomic E-state index is -0.245. The maximum Gasteiger partial charge on any atom is 0.317 e. The van der Waals surface area contributed by atoms with E-state index >= 15 is 0 Å². The number of hydrogen-bond acceptors (Lipinski definition) is 3. The Morgan fingerprint density at radius 1 is 1.20 bits per heavy atom. The number of nitrogens with one attached hydrogen (secondary N) is 2. The standard InChI is InChI=1S/C18H25N5O2/c1-18(2,3)21-17(25)22-10-7-13(8-11-22)19-16(24)14-12-23-9-5-4-6-15(23)20-14/h4-6,9,12-13H,7-8,10-11H2,1-3H3,(H,19,24)(H,21,25). The predicted octanol–water partition coefficient (Wildman–Crippen LogP) is 2.04. The van der Waals surface area contributed by atoms with Gasteiger partial charge in [-0.25, -0.2) is 9.78 Å². The molecule has 2 aromatic rings. The lowest BCUT2D eigenvalue weighted by Gasteiger charge is -2.34. The van der Waals surface area contributed by atoms with Gasteiger partial charge in [-0.05, 0) is 45.7 Å². The summed E-state index contributed by atoms with van der Waals surface area (Å²) in [5, 5.41) is 6.00. The normalized spacial score (nSPS) is 16.0. The van der Waals surface area contributed by atoms with Gasteiger partial charge in [0.15, 0.2) is 0 Å². The SMILES string of the molecule is CC(C)(C)NC(=O)N1CCC(NC(=O)c2cn3ccccc3n2)CC1. The molecule has 1 aliphatic heterocycles. The summed E-state index contributed by atoms with van der Waals surface area (Å²) in [4.78, 5) is 30.7. The summed E-state index contributed by atoms with van der Waals surface area (Å²) in [6.07, 6.45) is 5.09. The number of likely N-dealkylation sites (tertiary alicyclic amines) is 1. The van der Waals surface area contributed by atoms with Crippen LogP contribution in [0.2, 0.25) is 0 Å². The highest BCUT2D eigenvalue weighted by atomic mass is 16.2. The maximum atomic E-state index is 12.4. The highest BCUT2D eigenvalue weighted by molar-refractivity contribution is 5.93. The van der Waals surface area contributed by atoms with Crippen molar-refractivity contribution in [2.75, 3.05) is 13.1 Å². The number of carbonyl (C=O) groups excluding carboxylic acids is 2. The fourth-order valence-corrected chi connectivity index (χ4v) is 2.93. The first kappa shape index (κ1) is 17.3. The van der Waals surface area contributed by atoms with Gasteiger partial charge in [0.25, 0.3) is 5.91 Å². The first-order valence-electron chi connectivity index (χ1n) is 8.63. The number of fused-ring (bicyclic) bond motifs is 1. The Kier molecular flexibility index (Phi) is 4.65. The Bertz CT molecular complexity index is 736. The van der Waals surface area contributed by atoms with Gasteiger partial charge in [0.1, 0.15) is 11.3 Å². The molecule has 3 heterocycles. The summed E-state index contributed by atoms with van der Waals surface area (Å²) in [6.45, 7) is 7.17. The molecule has 7 heteroatoms. The summed E-state index contributed by atoms with van der Waals surface area (Å²) >= 11 is 0. The molecule has 25 heavy (non-hydrogen) atoms. The van der Waals surface area contributed by atoms with Crippen molar-refractivity contribution in [2.24, 2.45) is 0 Å². The molecule has 1 saturated heterocycles. The van der Waals surface area contributed by atoms with Crippen LogP contribution in [0.5, 0.6) is 0 Å². The summed E-state index contributed by atoms with van der Waals surface area (Å²) in [7, 11) is 0. The average molecular weight is 343 g/mol. The number of pyridine rings is 1. The molecule has 0 saturated carbocycles. The molecule has 0 bridgehead atoms.